The molecular weight excluding hydrogens is 356 g/mol. The number of carboxylic acids is 1. The van der Waals surface area contributed by atoms with Crippen LogP contribution in [0.1, 0.15) is 95.4 Å². The first-order chi connectivity index (χ1) is 12.4. The number of aliphatic hydroxyl groups is 1. The molecule has 0 saturated carbocycles. The number of hydrogen-bond donors (Lipinski definition) is 2. The van der Waals surface area contributed by atoms with E-state index < -0.39 is 28.2 Å². The highest BCUT2D eigenvalue weighted by Gasteiger charge is 2.36. The van der Waals surface area contributed by atoms with Crippen LogP contribution in [0.25, 0.3) is 0 Å². The highest BCUT2D eigenvalue weighted by atomic mass is 16.5. The molecule has 0 heterocycles. The SMILES string of the molecule is CC(C)(O)CC(C)(C)OC(C)(C)CCC(C)(C)C(=O)c1ccc(C(=O)O)cc1. The minimum Gasteiger partial charge on any atom is -0.478 e. The molecule has 0 radical (unpaired) electrons. The largest absolute Gasteiger partial charge is 0.478 e. The lowest BCUT2D eigenvalue weighted by molar-refractivity contribution is -0.152. The molecule has 0 aromatic heterocycles. The fourth-order valence-corrected chi connectivity index (χ4v) is 3.76. The molecule has 0 aliphatic heterocycles. The summed E-state index contributed by atoms with van der Waals surface area (Å²) in [6.45, 7) is 15.3. The van der Waals surface area contributed by atoms with E-state index in [9.17, 15) is 14.7 Å². The van der Waals surface area contributed by atoms with Crippen LogP contribution in [0.4, 0.5) is 0 Å². The van der Waals surface area contributed by atoms with Gasteiger partial charge in [-0.3, -0.25) is 4.79 Å². The first-order valence-corrected chi connectivity index (χ1v) is 9.75. The maximum absolute atomic E-state index is 12.9. The van der Waals surface area contributed by atoms with E-state index in [1.54, 1.807) is 26.0 Å². The lowest BCUT2D eigenvalue weighted by atomic mass is 9.78. The molecule has 0 aliphatic carbocycles. The van der Waals surface area contributed by atoms with E-state index in [2.05, 4.69) is 0 Å². The lowest BCUT2D eigenvalue weighted by Gasteiger charge is -2.40. The summed E-state index contributed by atoms with van der Waals surface area (Å²) >= 11 is 0. The third kappa shape index (κ3) is 7.72. The van der Waals surface area contributed by atoms with E-state index in [1.165, 1.54) is 12.1 Å². The molecule has 2 N–H and O–H groups in total. The quantitative estimate of drug-likeness (QED) is 0.541. The van der Waals surface area contributed by atoms with Crippen molar-refractivity contribution in [1.82, 2.24) is 0 Å². The molecule has 0 fully saturated rings. The zero-order chi connectivity index (χ0) is 22.0. The number of aromatic carboxylic acids is 1. The Hall–Kier alpha value is -1.72. The summed E-state index contributed by atoms with van der Waals surface area (Å²) in [5, 5.41) is 19.1. The number of carbonyl (C=O) groups excluding carboxylic acids is 1. The van der Waals surface area contributed by atoms with Crippen LogP contribution in [0.15, 0.2) is 24.3 Å². The number of ketones is 1. The van der Waals surface area contributed by atoms with E-state index >= 15 is 0 Å². The summed E-state index contributed by atoms with van der Waals surface area (Å²) in [5.74, 6) is -1.03. The minimum atomic E-state index is -1.01. The van der Waals surface area contributed by atoms with Gasteiger partial charge in [-0.05, 0) is 66.5 Å². The number of rotatable bonds is 10. The second-order valence-electron chi connectivity index (χ2n) is 10.2. The van der Waals surface area contributed by atoms with E-state index in [1.807, 2.05) is 41.5 Å². The normalized spacial score (nSPS) is 13.5. The molecule has 0 saturated heterocycles. The van der Waals surface area contributed by atoms with Crippen LogP contribution in [0.5, 0.6) is 0 Å². The van der Waals surface area contributed by atoms with Crippen molar-refractivity contribution in [2.45, 2.75) is 91.5 Å². The second-order valence-corrected chi connectivity index (χ2v) is 10.2. The summed E-state index contributed by atoms with van der Waals surface area (Å²) in [5.41, 5.74) is -1.71. The van der Waals surface area contributed by atoms with E-state index in [4.69, 9.17) is 9.84 Å². The van der Waals surface area contributed by atoms with Crippen LogP contribution in [0, 0.1) is 5.41 Å². The summed E-state index contributed by atoms with van der Waals surface area (Å²) in [4.78, 5) is 23.9. The third-order valence-electron chi connectivity index (χ3n) is 4.77. The highest BCUT2D eigenvalue weighted by Crippen LogP contribution is 2.35. The van der Waals surface area contributed by atoms with Crippen LogP contribution >= 0.6 is 0 Å². The van der Waals surface area contributed by atoms with Crippen LogP contribution < -0.4 is 0 Å². The van der Waals surface area contributed by atoms with Crippen molar-refractivity contribution in [2.24, 2.45) is 5.41 Å². The fraction of sp³-hybridized carbons (Fsp3) is 0.652. The Morgan fingerprint density at radius 2 is 1.29 bits per heavy atom. The molecule has 5 nitrogen and oxygen atoms in total. The molecule has 0 unspecified atom stereocenters. The van der Waals surface area contributed by atoms with E-state index in [0.29, 0.717) is 24.8 Å². The molecule has 0 aliphatic rings. The molecule has 1 rings (SSSR count). The van der Waals surface area contributed by atoms with Crippen LogP contribution in [-0.2, 0) is 4.74 Å². The van der Waals surface area contributed by atoms with Gasteiger partial charge in [-0.1, -0.05) is 26.0 Å². The van der Waals surface area contributed by atoms with Gasteiger partial charge in [-0.15, -0.1) is 0 Å². The monoisotopic (exact) mass is 392 g/mol. The van der Waals surface area contributed by atoms with Gasteiger partial charge in [-0.2, -0.15) is 0 Å². The smallest absolute Gasteiger partial charge is 0.335 e. The van der Waals surface area contributed by atoms with Crippen LogP contribution in [0.2, 0.25) is 0 Å². The van der Waals surface area contributed by atoms with Gasteiger partial charge in [0.25, 0.3) is 0 Å². The average Bonchev–Trinajstić information content (AvgIpc) is 2.49. The molecule has 1 aromatic rings. The molecule has 0 amide bonds. The maximum Gasteiger partial charge on any atom is 0.335 e. The van der Waals surface area contributed by atoms with Crippen molar-refractivity contribution >= 4 is 11.8 Å². The Kier molecular flexibility index (Phi) is 7.24. The highest BCUT2D eigenvalue weighted by molar-refractivity contribution is 6.00. The molecular formula is C23H36O5. The van der Waals surface area contributed by atoms with Crippen molar-refractivity contribution in [3.63, 3.8) is 0 Å². The fourth-order valence-electron chi connectivity index (χ4n) is 3.76. The van der Waals surface area contributed by atoms with Gasteiger partial charge in [-0.25, -0.2) is 4.79 Å². The van der Waals surface area contributed by atoms with Crippen molar-refractivity contribution < 1.29 is 24.5 Å². The predicted octanol–water partition coefficient (Wildman–Crippen LogP) is 5.11. The first kappa shape index (κ1) is 24.3. The van der Waals surface area contributed by atoms with Gasteiger partial charge in [0.2, 0.25) is 0 Å². The molecule has 5 heteroatoms. The maximum atomic E-state index is 12.9. The Morgan fingerprint density at radius 3 is 1.71 bits per heavy atom. The topological polar surface area (TPSA) is 83.8 Å². The molecule has 158 valence electrons. The number of benzene rings is 1. The molecule has 28 heavy (non-hydrogen) atoms. The number of Topliss-reactive ketones (excluding diaryl/α,β-unsaturated/α-hetero) is 1. The third-order valence-corrected chi connectivity index (χ3v) is 4.77. The van der Waals surface area contributed by atoms with E-state index in [0.717, 1.165) is 0 Å². The summed E-state index contributed by atoms with van der Waals surface area (Å²) in [7, 11) is 0. The molecule has 0 atom stereocenters. The van der Waals surface area contributed by atoms with Crippen molar-refractivity contribution in [1.29, 1.82) is 0 Å². The van der Waals surface area contributed by atoms with E-state index in [-0.39, 0.29) is 11.3 Å². The van der Waals surface area contributed by atoms with Gasteiger partial charge >= 0.3 is 5.97 Å². The zero-order valence-corrected chi connectivity index (χ0v) is 18.5. The lowest BCUT2D eigenvalue weighted by Crippen LogP contribution is -2.42. The first-order valence-electron chi connectivity index (χ1n) is 9.75. The predicted molar refractivity (Wildman–Crippen MR) is 111 cm³/mol. The Labute approximate surface area is 169 Å². The van der Waals surface area contributed by atoms with Crippen molar-refractivity contribution in [3.8, 4) is 0 Å². The Morgan fingerprint density at radius 1 is 0.821 bits per heavy atom. The van der Waals surface area contributed by atoms with Gasteiger partial charge in [0, 0.05) is 17.4 Å². The Bertz CT molecular complexity index is 691. The Balaban J connectivity index is 2.79. The standard InChI is InChI=1S/C23H36O5/c1-20(2,18(24)16-9-11-17(12-10-16)19(25)26)13-14-22(5,6)28-23(7,8)15-21(3,4)27/h9-12,27H,13-15H2,1-8H3,(H,25,26). The van der Waals surface area contributed by atoms with Gasteiger partial charge < -0.3 is 14.9 Å². The molecule has 0 bridgehead atoms. The average molecular weight is 393 g/mol. The summed E-state index contributed by atoms with van der Waals surface area (Å²) in [6.07, 6.45) is 1.80. The van der Waals surface area contributed by atoms with Crippen molar-refractivity contribution in [2.75, 3.05) is 0 Å². The van der Waals surface area contributed by atoms with Gasteiger partial charge in [0.1, 0.15) is 0 Å². The van der Waals surface area contributed by atoms with Crippen molar-refractivity contribution in [3.05, 3.63) is 35.4 Å². The number of carbonyl (C=O) groups is 2. The van der Waals surface area contributed by atoms with Gasteiger partial charge in [0.15, 0.2) is 5.78 Å². The van der Waals surface area contributed by atoms with Crippen LogP contribution in [-0.4, -0.2) is 38.8 Å². The minimum absolute atomic E-state index is 0.0176. The number of hydrogen-bond acceptors (Lipinski definition) is 4. The summed E-state index contributed by atoms with van der Waals surface area (Å²) < 4.78 is 6.29. The molecule has 0 spiro atoms. The summed E-state index contributed by atoms with van der Waals surface area (Å²) in [6, 6.07) is 6.05. The zero-order valence-electron chi connectivity index (χ0n) is 18.5. The number of ether oxygens (including phenoxy) is 1. The number of carboxylic acid groups (broad SMARTS) is 1. The van der Waals surface area contributed by atoms with Gasteiger partial charge in [0.05, 0.1) is 22.4 Å². The molecule has 1 aromatic carbocycles. The second kappa shape index (κ2) is 8.34. The van der Waals surface area contributed by atoms with Crippen LogP contribution in [0.3, 0.4) is 0 Å².